The van der Waals surface area contributed by atoms with Crippen LogP contribution in [0.4, 0.5) is 5.69 Å². The van der Waals surface area contributed by atoms with Crippen LogP contribution in [0.1, 0.15) is 12.5 Å². The van der Waals surface area contributed by atoms with Gasteiger partial charge in [-0.1, -0.05) is 23.7 Å². The Morgan fingerprint density at radius 2 is 1.94 bits per heavy atom. The molecule has 5 aromatic rings. The van der Waals surface area contributed by atoms with E-state index in [2.05, 4.69) is 5.10 Å². The van der Waals surface area contributed by atoms with Crippen LogP contribution in [-0.4, -0.2) is 36.6 Å². The van der Waals surface area contributed by atoms with Crippen LogP contribution in [-0.2, 0) is 0 Å². The summed E-state index contributed by atoms with van der Waals surface area (Å²) in [4.78, 5) is 20.2. The lowest BCUT2D eigenvalue weighted by Crippen LogP contribution is -2.20. The van der Waals surface area contributed by atoms with Gasteiger partial charge in [-0.2, -0.15) is 9.78 Å². The van der Waals surface area contributed by atoms with Crippen LogP contribution in [0.3, 0.4) is 0 Å². The number of furan rings is 1. The molecule has 0 aliphatic heterocycles. The Kier molecular flexibility index (Phi) is 6.01. The van der Waals surface area contributed by atoms with Crippen molar-refractivity contribution in [1.82, 2.24) is 9.66 Å². The second-order valence-electron chi connectivity index (χ2n) is 8.16. The van der Waals surface area contributed by atoms with Gasteiger partial charge in [0.05, 0.1) is 23.7 Å². The monoisotopic (exact) mass is 486 g/mol. The smallest absolute Gasteiger partial charge is 0.282 e. The molecule has 7 nitrogen and oxygen atoms in total. The van der Waals surface area contributed by atoms with E-state index in [1.54, 1.807) is 48.7 Å². The van der Waals surface area contributed by atoms with E-state index in [9.17, 15) is 4.79 Å². The van der Waals surface area contributed by atoms with Crippen molar-refractivity contribution in [2.24, 2.45) is 5.10 Å². The summed E-state index contributed by atoms with van der Waals surface area (Å²) in [5, 5.41) is 6.41. The lowest BCUT2D eigenvalue weighted by atomic mass is 10.2. The lowest BCUT2D eigenvalue weighted by molar-refractivity contribution is 0.340. The van der Waals surface area contributed by atoms with Gasteiger partial charge in [-0.15, -0.1) is 0 Å². The van der Waals surface area contributed by atoms with Gasteiger partial charge in [0.25, 0.3) is 5.56 Å². The van der Waals surface area contributed by atoms with Crippen molar-refractivity contribution < 1.29 is 9.15 Å². The fourth-order valence-electron chi connectivity index (χ4n) is 3.82. The van der Waals surface area contributed by atoms with E-state index in [-0.39, 0.29) is 5.56 Å². The van der Waals surface area contributed by atoms with Crippen molar-refractivity contribution in [2.75, 3.05) is 25.6 Å². The third-order valence-corrected chi connectivity index (χ3v) is 5.81. The van der Waals surface area contributed by atoms with Gasteiger partial charge in [0.1, 0.15) is 11.3 Å². The normalized spacial score (nSPS) is 11.5. The van der Waals surface area contributed by atoms with E-state index in [0.717, 1.165) is 16.6 Å². The summed E-state index contributed by atoms with van der Waals surface area (Å²) in [7, 11) is 3.93. The summed E-state index contributed by atoms with van der Waals surface area (Å²) in [5.41, 5.74) is 2.63. The number of hydrogen-bond acceptors (Lipinski definition) is 6. The van der Waals surface area contributed by atoms with Gasteiger partial charge in [0, 0.05) is 41.8 Å². The molecular weight excluding hydrogens is 464 g/mol. The molecule has 2 heterocycles. The zero-order chi connectivity index (χ0) is 24.5. The third-order valence-electron chi connectivity index (χ3n) is 5.58. The van der Waals surface area contributed by atoms with Gasteiger partial charge in [0.2, 0.25) is 5.82 Å². The van der Waals surface area contributed by atoms with Crippen molar-refractivity contribution in [3.05, 3.63) is 87.7 Å². The predicted octanol–water partition coefficient (Wildman–Crippen LogP) is 5.81. The minimum atomic E-state index is -0.303. The first-order chi connectivity index (χ1) is 16.9. The average Bonchev–Trinajstić information content (AvgIpc) is 3.27. The molecule has 176 valence electrons. The molecule has 35 heavy (non-hydrogen) atoms. The van der Waals surface area contributed by atoms with Gasteiger partial charge in [0.15, 0.2) is 5.76 Å². The molecule has 2 aromatic heterocycles. The molecule has 0 fully saturated rings. The Bertz CT molecular complexity index is 1640. The summed E-state index contributed by atoms with van der Waals surface area (Å²) < 4.78 is 13.1. The summed E-state index contributed by atoms with van der Waals surface area (Å²) >= 11 is 6.15. The van der Waals surface area contributed by atoms with E-state index >= 15 is 0 Å². The zero-order valence-electron chi connectivity index (χ0n) is 19.5. The summed E-state index contributed by atoms with van der Waals surface area (Å²) in [6.45, 7) is 2.43. The first kappa shape index (κ1) is 22.7. The summed E-state index contributed by atoms with van der Waals surface area (Å²) in [5.74, 6) is 1.37. The Balaban J connectivity index is 1.69. The van der Waals surface area contributed by atoms with Crippen LogP contribution in [0.5, 0.6) is 5.75 Å². The number of ether oxygens (including phenoxy) is 1. The molecule has 8 heteroatoms. The van der Waals surface area contributed by atoms with Crippen molar-refractivity contribution in [3.8, 4) is 17.3 Å². The van der Waals surface area contributed by atoms with E-state index < -0.39 is 0 Å². The number of anilines is 1. The van der Waals surface area contributed by atoms with Gasteiger partial charge in [-0.05, 0) is 55.5 Å². The molecule has 0 saturated heterocycles. The molecule has 0 aliphatic rings. The van der Waals surface area contributed by atoms with Crippen molar-refractivity contribution >= 4 is 45.4 Å². The van der Waals surface area contributed by atoms with E-state index in [0.29, 0.717) is 45.4 Å². The molecule has 0 amide bonds. The number of aromatic nitrogens is 2. The molecule has 0 spiro atoms. The minimum Gasteiger partial charge on any atom is -0.493 e. The topological polar surface area (TPSA) is 72.9 Å². The molecule has 0 unspecified atom stereocenters. The van der Waals surface area contributed by atoms with Crippen molar-refractivity contribution in [2.45, 2.75) is 6.92 Å². The van der Waals surface area contributed by atoms with Crippen LogP contribution >= 0.6 is 11.6 Å². The predicted molar refractivity (Wildman–Crippen MR) is 141 cm³/mol. The molecule has 0 aliphatic carbocycles. The van der Waals surface area contributed by atoms with Crippen LogP contribution in [0.15, 0.2) is 81.0 Å². The quantitative estimate of drug-likeness (QED) is 0.283. The number of fused-ring (bicyclic) bond motifs is 2. The van der Waals surface area contributed by atoms with E-state index in [1.807, 2.05) is 50.2 Å². The number of nitrogens with zero attached hydrogens (tertiary/aromatic N) is 4. The Morgan fingerprint density at radius 1 is 1.11 bits per heavy atom. The fraction of sp³-hybridized carbons (Fsp3) is 0.148. The van der Waals surface area contributed by atoms with Crippen LogP contribution in [0.2, 0.25) is 5.02 Å². The number of rotatable bonds is 6. The first-order valence-corrected chi connectivity index (χ1v) is 11.5. The molecular formula is C27H23ClN4O3. The van der Waals surface area contributed by atoms with Crippen LogP contribution < -0.4 is 15.2 Å². The highest BCUT2D eigenvalue weighted by molar-refractivity contribution is 6.31. The second-order valence-corrected chi connectivity index (χ2v) is 8.59. The van der Waals surface area contributed by atoms with Gasteiger partial charge >= 0.3 is 0 Å². The van der Waals surface area contributed by atoms with E-state index in [1.165, 1.54) is 4.68 Å². The minimum absolute atomic E-state index is 0.292. The van der Waals surface area contributed by atoms with E-state index in [4.69, 9.17) is 25.7 Å². The highest BCUT2D eigenvalue weighted by Gasteiger charge is 2.17. The Labute approximate surface area is 206 Å². The standard InChI is InChI=1S/C27H23ClN4O3/c1-4-34-24-15-20(31(2)3)11-9-17(24)16-29-32-26(30-22-8-6-5-7-21(22)27(32)33)25-14-18-13-19(28)10-12-23(18)35-25/h5-16H,4H2,1-3H3. The maximum Gasteiger partial charge on any atom is 0.282 e. The molecule has 0 N–H and O–H groups in total. The largest absolute Gasteiger partial charge is 0.493 e. The molecule has 0 atom stereocenters. The highest BCUT2D eigenvalue weighted by atomic mass is 35.5. The summed E-state index contributed by atoms with van der Waals surface area (Å²) in [6, 6.07) is 20.1. The average molecular weight is 487 g/mol. The zero-order valence-corrected chi connectivity index (χ0v) is 20.3. The Hall–Kier alpha value is -4.10. The fourth-order valence-corrected chi connectivity index (χ4v) is 4.00. The SMILES string of the molecule is CCOc1cc(N(C)C)ccc1C=Nn1c(-c2cc3cc(Cl)ccc3o2)nc2ccccc2c1=O. The summed E-state index contributed by atoms with van der Waals surface area (Å²) in [6.07, 6.45) is 1.60. The van der Waals surface area contributed by atoms with Gasteiger partial charge in [-0.3, -0.25) is 4.79 Å². The van der Waals surface area contributed by atoms with Gasteiger partial charge in [-0.25, -0.2) is 4.98 Å². The molecule has 0 radical (unpaired) electrons. The van der Waals surface area contributed by atoms with Crippen molar-refractivity contribution in [1.29, 1.82) is 0 Å². The van der Waals surface area contributed by atoms with Crippen LogP contribution in [0, 0.1) is 0 Å². The molecule has 0 bridgehead atoms. The third kappa shape index (κ3) is 4.38. The Morgan fingerprint density at radius 3 is 2.74 bits per heavy atom. The number of para-hydroxylation sites is 1. The van der Waals surface area contributed by atoms with Crippen molar-refractivity contribution in [3.63, 3.8) is 0 Å². The number of hydrogen-bond donors (Lipinski definition) is 0. The number of halogens is 1. The maximum atomic E-state index is 13.5. The second kappa shape index (κ2) is 9.27. The first-order valence-electron chi connectivity index (χ1n) is 11.1. The number of benzene rings is 3. The molecule has 0 saturated carbocycles. The lowest BCUT2D eigenvalue weighted by Gasteiger charge is -2.15. The molecule has 5 rings (SSSR count). The maximum absolute atomic E-state index is 13.5. The molecule has 3 aromatic carbocycles. The van der Waals surface area contributed by atoms with Gasteiger partial charge < -0.3 is 14.1 Å². The van der Waals surface area contributed by atoms with Crippen LogP contribution in [0.25, 0.3) is 33.5 Å². The highest BCUT2D eigenvalue weighted by Crippen LogP contribution is 2.29.